The molecule has 0 rings (SSSR count). The minimum atomic E-state index is -0.391. The topological polar surface area (TPSA) is 43.1 Å². The normalized spacial score (nSPS) is 9.50. The zero-order chi connectivity index (χ0) is 4.99. The van der Waals surface area contributed by atoms with Crippen molar-refractivity contribution >= 4 is 5.91 Å². The van der Waals surface area contributed by atoms with Crippen LogP contribution in [0.4, 0.5) is 0 Å². The van der Waals surface area contributed by atoms with Gasteiger partial charge in [0.2, 0.25) is 5.91 Å². The number of amides is 1. The Morgan fingerprint density at radius 2 is 2.50 bits per heavy atom. The van der Waals surface area contributed by atoms with E-state index in [2.05, 4.69) is 5.73 Å². The van der Waals surface area contributed by atoms with Gasteiger partial charge in [0.15, 0.2) is 0 Å². The maximum Gasteiger partial charge on any atom is 0.241 e. The third-order valence-electron chi connectivity index (χ3n) is 0.331. The van der Waals surface area contributed by atoms with E-state index in [1.54, 1.807) is 13.0 Å². The summed E-state index contributed by atoms with van der Waals surface area (Å²) >= 11 is 0. The van der Waals surface area contributed by atoms with E-state index in [1.807, 2.05) is 0 Å². The fourth-order valence-corrected chi connectivity index (χ4v) is 0.164. The minimum Gasteiger partial charge on any atom is -0.366 e. The van der Waals surface area contributed by atoms with Crippen LogP contribution in [0, 0.1) is 0 Å². The maximum absolute atomic E-state index is 9.73. The smallest absolute Gasteiger partial charge is 0.241 e. The summed E-state index contributed by atoms with van der Waals surface area (Å²) in [5.74, 6) is -0.391. The summed E-state index contributed by atoms with van der Waals surface area (Å²) in [6, 6.07) is 0. The lowest BCUT2D eigenvalue weighted by Crippen LogP contribution is -2.04. The van der Waals surface area contributed by atoms with Crippen molar-refractivity contribution in [3.8, 4) is 0 Å². The van der Waals surface area contributed by atoms with Crippen LogP contribution in [0.1, 0.15) is 8.35 Å². The standard InChI is InChI=1S/C4H7NO.H2/c1-2-3-4(5)6;/h2-3H,1H3,(H2,5,6);1H/b3-2+;. The van der Waals surface area contributed by atoms with Gasteiger partial charge in [0.1, 0.15) is 0 Å². The fourth-order valence-electron chi connectivity index (χ4n) is 0.164. The summed E-state index contributed by atoms with van der Waals surface area (Å²) in [7, 11) is 0. The molecule has 6 heavy (non-hydrogen) atoms. The maximum atomic E-state index is 9.73. The monoisotopic (exact) mass is 87.1 g/mol. The Kier molecular flexibility index (Phi) is 2.13. The molecule has 36 valence electrons. The van der Waals surface area contributed by atoms with Crippen molar-refractivity contribution in [3.05, 3.63) is 12.2 Å². The van der Waals surface area contributed by atoms with Crippen molar-refractivity contribution in [1.29, 1.82) is 0 Å². The molecule has 0 aromatic rings. The van der Waals surface area contributed by atoms with Crippen LogP contribution in [0.15, 0.2) is 12.2 Å². The zero-order valence-corrected chi connectivity index (χ0v) is 3.64. The Morgan fingerprint density at radius 3 is 2.50 bits per heavy atom. The van der Waals surface area contributed by atoms with Crippen molar-refractivity contribution in [2.24, 2.45) is 5.73 Å². The van der Waals surface area contributed by atoms with E-state index in [-0.39, 0.29) is 1.43 Å². The van der Waals surface area contributed by atoms with Crippen LogP contribution in [0.25, 0.3) is 0 Å². The van der Waals surface area contributed by atoms with Gasteiger partial charge in [-0.2, -0.15) is 0 Å². The van der Waals surface area contributed by atoms with Crippen molar-refractivity contribution in [2.75, 3.05) is 0 Å². The fraction of sp³-hybridized carbons (Fsp3) is 0.250. The van der Waals surface area contributed by atoms with Gasteiger partial charge in [0, 0.05) is 1.43 Å². The van der Waals surface area contributed by atoms with Crippen LogP contribution in [0.3, 0.4) is 0 Å². The molecule has 0 bridgehead atoms. The van der Waals surface area contributed by atoms with E-state index in [9.17, 15) is 4.79 Å². The Bertz CT molecular complexity index is 79.8. The van der Waals surface area contributed by atoms with Gasteiger partial charge in [-0.25, -0.2) is 0 Å². The number of allylic oxidation sites excluding steroid dienone is 1. The molecule has 0 unspecified atom stereocenters. The van der Waals surface area contributed by atoms with E-state index in [0.717, 1.165) is 0 Å². The lowest BCUT2D eigenvalue weighted by atomic mass is 10.5. The first kappa shape index (κ1) is 5.21. The number of nitrogens with two attached hydrogens (primary N) is 1. The quantitative estimate of drug-likeness (QED) is 0.459. The van der Waals surface area contributed by atoms with Gasteiger partial charge >= 0.3 is 0 Å². The number of rotatable bonds is 1. The molecule has 0 spiro atoms. The van der Waals surface area contributed by atoms with Crippen LogP contribution < -0.4 is 5.73 Å². The largest absolute Gasteiger partial charge is 0.366 e. The first-order valence-electron chi connectivity index (χ1n) is 1.69. The van der Waals surface area contributed by atoms with Crippen LogP contribution in [0.2, 0.25) is 0 Å². The van der Waals surface area contributed by atoms with Gasteiger partial charge in [-0.3, -0.25) is 4.79 Å². The van der Waals surface area contributed by atoms with Crippen molar-refractivity contribution in [2.45, 2.75) is 6.92 Å². The highest BCUT2D eigenvalue weighted by Crippen LogP contribution is 1.62. The van der Waals surface area contributed by atoms with E-state index >= 15 is 0 Å². The molecular weight excluding hydrogens is 78.0 g/mol. The van der Waals surface area contributed by atoms with Gasteiger partial charge in [0.05, 0.1) is 0 Å². The van der Waals surface area contributed by atoms with Gasteiger partial charge < -0.3 is 5.73 Å². The van der Waals surface area contributed by atoms with Crippen LogP contribution in [0.5, 0.6) is 0 Å². The van der Waals surface area contributed by atoms with Gasteiger partial charge in [0.25, 0.3) is 0 Å². The summed E-state index contributed by atoms with van der Waals surface area (Å²) < 4.78 is 0. The lowest BCUT2D eigenvalue weighted by Gasteiger charge is -1.70. The average molecular weight is 87.1 g/mol. The predicted octanol–water partition coefficient (Wildman–Crippen LogP) is 0.294. The minimum absolute atomic E-state index is 0. The second-order valence-electron chi connectivity index (χ2n) is 0.902. The summed E-state index contributed by atoms with van der Waals surface area (Å²) in [5, 5.41) is 0. The summed E-state index contributed by atoms with van der Waals surface area (Å²) in [6.07, 6.45) is 2.91. The third-order valence-corrected chi connectivity index (χ3v) is 0.331. The first-order valence-corrected chi connectivity index (χ1v) is 1.69. The molecule has 0 saturated carbocycles. The molecule has 0 aliphatic heterocycles. The Balaban J connectivity index is 0. The number of hydrogen-bond acceptors (Lipinski definition) is 1. The highest BCUT2D eigenvalue weighted by atomic mass is 16.1. The molecule has 0 heterocycles. The van der Waals surface area contributed by atoms with E-state index < -0.39 is 5.91 Å². The van der Waals surface area contributed by atoms with Crippen molar-refractivity contribution in [3.63, 3.8) is 0 Å². The second-order valence-corrected chi connectivity index (χ2v) is 0.902. The molecule has 0 atom stereocenters. The van der Waals surface area contributed by atoms with E-state index in [0.29, 0.717) is 0 Å². The van der Waals surface area contributed by atoms with Crippen LogP contribution in [-0.4, -0.2) is 5.91 Å². The number of carbonyl (C=O) groups excluding carboxylic acids is 1. The number of hydrogen-bond donors (Lipinski definition) is 1. The SMILES string of the molecule is C/C=C/C(N)=O.[HH]. The van der Waals surface area contributed by atoms with Gasteiger partial charge in [-0.1, -0.05) is 6.08 Å². The molecule has 0 aliphatic rings. The summed E-state index contributed by atoms with van der Waals surface area (Å²) in [5.41, 5.74) is 4.68. The van der Waals surface area contributed by atoms with Crippen molar-refractivity contribution in [1.82, 2.24) is 0 Å². The second kappa shape index (κ2) is 2.45. The average Bonchev–Trinajstić information content (AvgIpc) is 1.35. The van der Waals surface area contributed by atoms with E-state index in [4.69, 9.17) is 0 Å². The molecule has 1 amide bonds. The van der Waals surface area contributed by atoms with Crippen molar-refractivity contribution < 1.29 is 6.22 Å². The Labute approximate surface area is 38.1 Å². The van der Waals surface area contributed by atoms with Crippen LogP contribution in [-0.2, 0) is 4.79 Å². The molecule has 0 aromatic heterocycles. The first-order chi connectivity index (χ1) is 2.77. The Morgan fingerprint density at radius 1 is 2.00 bits per heavy atom. The molecular formula is C4H9NO. The zero-order valence-electron chi connectivity index (χ0n) is 3.64. The van der Waals surface area contributed by atoms with Gasteiger partial charge in [-0.05, 0) is 13.0 Å². The van der Waals surface area contributed by atoms with Crippen LogP contribution >= 0.6 is 0 Å². The third kappa shape index (κ3) is 3.21. The molecule has 0 aliphatic carbocycles. The molecule has 0 aromatic carbocycles. The summed E-state index contributed by atoms with van der Waals surface area (Å²) in [4.78, 5) is 9.73. The number of primary amides is 1. The highest BCUT2D eigenvalue weighted by Gasteiger charge is 1.73. The number of carbonyl (C=O) groups is 1. The predicted molar refractivity (Wildman–Crippen MR) is 26.1 cm³/mol. The molecule has 2 nitrogen and oxygen atoms in total. The van der Waals surface area contributed by atoms with Gasteiger partial charge in [-0.15, -0.1) is 0 Å². The molecule has 0 radical (unpaired) electrons. The lowest BCUT2D eigenvalue weighted by molar-refractivity contribution is -0.113. The highest BCUT2D eigenvalue weighted by molar-refractivity contribution is 5.85. The molecule has 2 N–H and O–H groups in total. The Hall–Kier alpha value is -0.790. The summed E-state index contributed by atoms with van der Waals surface area (Å²) in [6.45, 7) is 1.74. The van der Waals surface area contributed by atoms with E-state index in [1.165, 1.54) is 6.08 Å². The molecule has 0 saturated heterocycles. The molecule has 2 heteroatoms. The molecule has 0 fully saturated rings.